The zero-order valence-corrected chi connectivity index (χ0v) is 9.79. The summed E-state index contributed by atoms with van der Waals surface area (Å²) in [7, 11) is 1.52. The van der Waals surface area contributed by atoms with Crippen LogP contribution in [0.2, 0.25) is 10.0 Å². The van der Waals surface area contributed by atoms with Crippen molar-refractivity contribution in [3.8, 4) is 0 Å². The van der Waals surface area contributed by atoms with Crippen LogP contribution in [0.3, 0.4) is 0 Å². The predicted molar refractivity (Wildman–Crippen MR) is 57.6 cm³/mol. The first kappa shape index (κ1) is 10.8. The average Bonchev–Trinajstić information content (AvgIpc) is 2.02. The molecule has 0 heterocycles. The Morgan fingerprint density at radius 2 is 1.85 bits per heavy atom. The molecular weight excluding hydrogens is 277 g/mol. The molecular formula is C8H6BrCl2NO. The number of halogens is 3. The molecule has 1 N–H and O–H groups in total. The van der Waals surface area contributed by atoms with Gasteiger partial charge in [0, 0.05) is 11.5 Å². The first-order valence-corrected chi connectivity index (χ1v) is 4.97. The molecule has 0 fully saturated rings. The van der Waals surface area contributed by atoms with Crippen molar-refractivity contribution in [1.82, 2.24) is 5.32 Å². The molecule has 0 radical (unpaired) electrons. The molecule has 0 aliphatic rings. The lowest BCUT2D eigenvalue weighted by Crippen LogP contribution is -2.18. The number of hydrogen-bond donors (Lipinski definition) is 1. The number of amides is 1. The zero-order chi connectivity index (χ0) is 10.0. The first-order chi connectivity index (χ1) is 6.06. The predicted octanol–water partition coefficient (Wildman–Crippen LogP) is 3.12. The van der Waals surface area contributed by atoms with Gasteiger partial charge >= 0.3 is 0 Å². The minimum absolute atomic E-state index is 0.289. The van der Waals surface area contributed by atoms with Gasteiger partial charge in [0.15, 0.2) is 0 Å². The quantitative estimate of drug-likeness (QED) is 0.843. The van der Waals surface area contributed by atoms with Crippen LogP contribution in [0.5, 0.6) is 0 Å². The average molecular weight is 283 g/mol. The van der Waals surface area contributed by atoms with Crippen LogP contribution in [0.25, 0.3) is 0 Å². The Kier molecular flexibility index (Phi) is 3.59. The molecule has 13 heavy (non-hydrogen) atoms. The van der Waals surface area contributed by atoms with Gasteiger partial charge in [-0.2, -0.15) is 0 Å². The standard InChI is InChI=1S/C8H6BrCl2NO/c1-12-8(13)7-5(10)2-4(9)3-6(7)11/h2-3H,1H3,(H,12,13). The second kappa shape index (κ2) is 4.31. The molecule has 0 unspecified atom stereocenters. The lowest BCUT2D eigenvalue weighted by Gasteiger charge is -2.05. The molecule has 1 aromatic carbocycles. The van der Waals surface area contributed by atoms with Gasteiger partial charge < -0.3 is 5.32 Å². The maximum atomic E-state index is 11.3. The van der Waals surface area contributed by atoms with E-state index in [9.17, 15) is 4.79 Å². The van der Waals surface area contributed by atoms with E-state index in [4.69, 9.17) is 23.2 Å². The summed E-state index contributed by atoms with van der Waals surface area (Å²) < 4.78 is 0.746. The van der Waals surface area contributed by atoms with Crippen LogP contribution in [-0.2, 0) is 0 Å². The summed E-state index contributed by atoms with van der Waals surface area (Å²) in [5.74, 6) is -0.289. The van der Waals surface area contributed by atoms with Crippen LogP contribution in [0, 0.1) is 0 Å². The molecule has 0 aromatic heterocycles. The van der Waals surface area contributed by atoms with Crippen molar-refractivity contribution in [3.63, 3.8) is 0 Å². The third kappa shape index (κ3) is 2.36. The van der Waals surface area contributed by atoms with Crippen LogP contribution in [0.4, 0.5) is 0 Å². The van der Waals surface area contributed by atoms with Gasteiger partial charge in [0.05, 0.1) is 15.6 Å². The molecule has 0 bridgehead atoms. The number of rotatable bonds is 1. The fourth-order valence-electron chi connectivity index (χ4n) is 0.884. The fraction of sp³-hybridized carbons (Fsp3) is 0.125. The molecule has 1 rings (SSSR count). The Balaban J connectivity index is 3.28. The molecule has 0 aliphatic carbocycles. The van der Waals surface area contributed by atoms with Crippen LogP contribution in [-0.4, -0.2) is 13.0 Å². The summed E-state index contributed by atoms with van der Waals surface area (Å²) in [4.78, 5) is 11.3. The number of hydrogen-bond acceptors (Lipinski definition) is 1. The molecule has 1 aromatic rings. The van der Waals surface area contributed by atoms with Crippen molar-refractivity contribution in [2.75, 3.05) is 7.05 Å². The van der Waals surface area contributed by atoms with Gasteiger partial charge in [-0.3, -0.25) is 4.79 Å². The molecule has 2 nitrogen and oxygen atoms in total. The Bertz CT molecular complexity index is 331. The fourth-order valence-corrected chi connectivity index (χ4v) is 2.26. The van der Waals surface area contributed by atoms with E-state index in [2.05, 4.69) is 21.2 Å². The lowest BCUT2D eigenvalue weighted by atomic mass is 10.2. The van der Waals surface area contributed by atoms with E-state index < -0.39 is 0 Å². The second-order valence-corrected chi connectivity index (χ2v) is 4.05. The van der Waals surface area contributed by atoms with Gasteiger partial charge in [0.1, 0.15) is 0 Å². The van der Waals surface area contributed by atoms with Crippen LogP contribution >= 0.6 is 39.1 Å². The van der Waals surface area contributed by atoms with Gasteiger partial charge in [-0.15, -0.1) is 0 Å². The van der Waals surface area contributed by atoms with Gasteiger partial charge in [0.25, 0.3) is 5.91 Å². The van der Waals surface area contributed by atoms with Crippen LogP contribution in [0.1, 0.15) is 10.4 Å². The third-order valence-electron chi connectivity index (χ3n) is 1.46. The highest BCUT2D eigenvalue weighted by Crippen LogP contribution is 2.28. The first-order valence-electron chi connectivity index (χ1n) is 3.43. The largest absolute Gasteiger partial charge is 0.355 e. The lowest BCUT2D eigenvalue weighted by molar-refractivity contribution is 0.0963. The highest BCUT2D eigenvalue weighted by Gasteiger charge is 2.13. The second-order valence-electron chi connectivity index (χ2n) is 2.32. The number of nitrogens with one attached hydrogen (secondary N) is 1. The van der Waals surface area contributed by atoms with Crippen LogP contribution in [0.15, 0.2) is 16.6 Å². The van der Waals surface area contributed by atoms with Crippen molar-refractivity contribution in [2.45, 2.75) is 0 Å². The number of benzene rings is 1. The van der Waals surface area contributed by atoms with E-state index in [0.717, 1.165) is 4.47 Å². The van der Waals surface area contributed by atoms with E-state index in [1.807, 2.05) is 0 Å². The van der Waals surface area contributed by atoms with Gasteiger partial charge in [0.2, 0.25) is 0 Å². The summed E-state index contributed by atoms with van der Waals surface area (Å²) >= 11 is 14.9. The number of carbonyl (C=O) groups is 1. The van der Waals surface area contributed by atoms with Crippen molar-refractivity contribution >= 4 is 45.0 Å². The summed E-state index contributed by atoms with van der Waals surface area (Å²) in [5, 5.41) is 3.12. The summed E-state index contributed by atoms with van der Waals surface area (Å²) in [6.07, 6.45) is 0. The third-order valence-corrected chi connectivity index (χ3v) is 2.52. The van der Waals surface area contributed by atoms with Crippen molar-refractivity contribution in [3.05, 3.63) is 32.2 Å². The Hall–Kier alpha value is -0.250. The van der Waals surface area contributed by atoms with E-state index in [1.165, 1.54) is 7.05 Å². The van der Waals surface area contributed by atoms with Gasteiger partial charge in [-0.25, -0.2) is 0 Å². The highest BCUT2D eigenvalue weighted by molar-refractivity contribution is 9.10. The van der Waals surface area contributed by atoms with E-state index in [0.29, 0.717) is 15.6 Å². The minimum Gasteiger partial charge on any atom is -0.355 e. The molecule has 0 atom stereocenters. The Morgan fingerprint density at radius 3 is 2.23 bits per heavy atom. The monoisotopic (exact) mass is 281 g/mol. The number of carbonyl (C=O) groups excluding carboxylic acids is 1. The molecule has 0 saturated heterocycles. The van der Waals surface area contributed by atoms with Crippen molar-refractivity contribution in [2.24, 2.45) is 0 Å². The summed E-state index contributed by atoms with van der Waals surface area (Å²) in [6.45, 7) is 0. The van der Waals surface area contributed by atoms with Gasteiger partial charge in [-0.1, -0.05) is 39.1 Å². The van der Waals surface area contributed by atoms with E-state index in [-0.39, 0.29) is 5.91 Å². The normalized spacial score (nSPS) is 9.85. The molecule has 70 valence electrons. The molecule has 1 amide bonds. The Morgan fingerprint density at radius 1 is 1.38 bits per heavy atom. The topological polar surface area (TPSA) is 29.1 Å². The van der Waals surface area contributed by atoms with E-state index in [1.54, 1.807) is 12.1 Å². The van der Waals surface area contributed by atoms with Gasteiger partial charge in [-0.05, 0) is 12.1 Å². The molecule has 0 spiro atoms. The summed E-state index contributed by atoms with van der Waals surface area (Å²) in [6, 6.07) is 3.25. The van der Waals surface area contributed by atoms with E-state index >= 15 is 0 Å². The maximum Gasteiger partial charge on any atom is 0.254 e. The summed E-state index contributed by atoms with van der Waals surface area (Å²) in [5.41, 5.74) is 0.300. The molecule has 0 saturated carbocycles. The van der Waals surface area contributed by atoms with Crippen LogP contribution < -0.4 is 5.32 Å². The Labute approximate surface area is 94.3 Å². The molecule has 5 heteroatoms. The van der Waals surface area contributed by atoms with Crippen molar-refractivity contribution in [1.29, 1.82) is 0 Å². The highest BCUT2D eigenvalue weighted by atomic mass is 79.9. The maximum absolute atomic E-state index is 11.3. The minimum atomic E-state index is -0.289. The molecule has 0 aliphatic heterocycles. The smallest absolute Gasteiger partial charge is 0.254 e. The van der Waals surface area contributed by atoms with Crippen molar-refractivity contribution < 1.29 is 4.79 Å². The zero-order valence-electron chi connectivity index (χ0n) is 6.70. The SMILES string of the molecule is CNC(=O)c1c(Cl)cc(Br)cc1Cl.